The van der Waals surface area contributed by atoms with E-state index in [4.69, 9.17) is 0 Å². The lowest BCUT2D eigenvalue weighted by Gasteiger charge is -2.37. The van der Waals surface area contributed by atoms with Crippen molar-refractivity contribution in [3.63, 3.8) is 0 Å². The van der Waals surface area contributed by atoms with Crippen LogP contribution in [-0.2, 0) is 5.41 Å². The van der Waals surface area contributed by atoms with Gasteiger partial charge in [-0.1, -0.05) is 158 Å². The van der Waals surface area contributed by atoms with Gasteiger partial charge in [0.25, 0.3) is 0 Å². The van der Waals surface area contributed by atoms with Crippen LogP contribution >= 0.6 is 0 Å². The van der Waals surface area contributed by atoms with Gasteiger partial charge in [-0.15, -0.1) is 0 Å². The van der Waals surface area contributed by atoms with Gasteiger partial charge in [0.2, 0.25) is 0 Å². The first-order valence-electron chi connectivity index (χ1n) is 19.0. The molecule has 0 bridgehead atoms. The Bertz CT molecular complexity index is 2790. The molecule has 1 unspecified atom stereocenters. The third-order valence-electron chi connectivity index (χ3n) is 11.6. The summed E-state index contributed by atoms with van der Waals surface area (Å²) in [6.45, 7) is 0. The molecule has 0 heterocycles. The third kappa shape index (κ3) is 4.62. The molecular formula is C53H36N2. The Labute approximate surface area is 321 Å². The molecule has 9 aromatic rings. The van der Waals surface area contributed by atoms with Crippen molar-refractivity contribution in [3.05, 3.63) is 241 Å². The topological polar surface area (TPSA) is 6.48 Å². The van der Waals surface area contributed by atoms with Gasteiger partial charge >= 0.3 is 0 Å². The number of rotatable bonds is 6. The van der Waals surface area contributed by atoms with Crippen LogP contribution in [0.5, 0.6) is 0 Å². The Kier molecular flexibility index (Phi) is 7.11. The van der Waals surface area contributed by atoms with Crippen LogP contribution in [0.25, 0.3) is 33.0 Å². The highest BCUT2D eigenvalue weighted by Gasteiger charge is 2.54. The molecule has 55 heavy (non-hydrogen) atoms. The average molecular weight is 701 g/mol. The van der Waals surface area contributed by atoms with Gasteiger partial charge in [0.05, 0.1) is 11.1 Å². The molecule has 0 saturated heterocycles. The number of para-hydroxylation sites is 4. The Morgan fingerprint density at radius 1 is 0.309 bits per heavy atom. The lowest BCUT2D eigenvalue weighted by atomic mass is 9.69. The minimum absolute atomic E-state index is 0.568. The lowest BCUT2D eigenvalue weighted by Crippen LogP contribution is -2.28. The summed E-state index contributed by atoms with van der Waals surface area (Å²) in [7, 11) is 0. The first-order valence-corrected chi connectivity index (χ1v) is 19.0. The van der Waals surface area contributed by atoms with E-state index in [1.54, 1.807) is 0 Å². The maximum absolute atomic E-state index is 2.48. The quantitative estimate of drug-likeness (QED) is 0.170. The number of hydrogen-bond donors (Lipinski definition) is 0. The predicted octanol–water partition coefficient (Wildman–Crippen LogP) is 14.1. The van der Waals surface area contributed by atoms with E-state index in [1.165, 1.54) is 55.3 Å². The van der Waals surface area contributed by atoms with E-state index in [9.17, 15) is 0 Å². The second kappa shape index (κ2) is 12.5. The van der Waals surface area contributed by atoms with Crippen LogP contribution in [0.15, 0.2) is 218 Å². The van der Waals surface area contributed by atoms with Crippen LogP contribution in [0, 0.1) is 0 Å². The maximum Gasteiger partial charge on any atom is 0.0746 e. The van der Waals surface area contributed by atoms with Crippen molar-refractivity contribution in [2.24, 2.45) is 0 Å². The number of nitrogens with zero attached hydrogens (tertiary/aromatic N) is 2. The van der Waals surface area contributed by atoms with E-state index in [-0.39, 0.29) is 0 Å². The zero-order valence-electron chi connectivity index (χ0n) is 30.2. The summed E-state index contributed by atoms with van der Waals surface area (Å²) >= 11 is 0. The van der Waals surface area contributed by atoms with E-state index in [0.29, 0.717) is 0 Å². The highest BCUT2D eigenvalue weighted by atomic mass is 15.2. The van der Waals surface area contributed by atoms with Gasteiger partial charge < -0.3 is 9.80 Å². The van der Waals surface area contributed by atoms with E-state index < -0.39 is 5.41 Å². The van der Waals surface area contributed by atoms with Crippen LogP contribution in [0.1, 0.15) is 22.3 Å². The minimum Gasteiger partial charge on any atom is -0.310 e. The molecule has 0 radical (unpaired) electrons. The third-order valence-corrected chi connectivity index (χ3v) is 11.6. The van der Waals surface area contributed by atoms with Gasteiger partial charge in [0.15, 0.2) is 0 Å². The fourth-order valence-electron chi connectivity index (χ4n) is 9.49. The molecule has 9 aromatic carbocycles. The molecule has 2 aliphatic rings. The standard InChI is InChI=1S/C53H36N2/c1-5-20-38(21-6-1)54(39-22-7-2-8-23-39)42-35-46-44-29-15-17-31-47(44)53(48-32-18-16-30-45(48)51-43-28-14-13-19-37(43)33-34-49(51)53)52(46)50(36-42)55(40-24-9-3-10-25-40)41-26-11-4-12-27-41/h1-36H. The summed E-state index contributed by atoms with van der Waals surface area (Å²) in [4.78, 5) is 4.88. The maximum atomic E-state index is 2.48. The molecule has 0 amide bonds. The van der Waals surface area contributed by atoms with Crippen molar-refractivity contribution < 1.29 is 0 Å². The van der Waals surface area contributed by atoms with Crippen molar-refractivity contribution in [2.45, 2.75) is 5.41 Å². The van der Waals surface area contributed by atoms with Crippen LogP contribution in [0.4, 0.5) is 34.1 Å². The Morgan fingerprint density at radius 3 is 1.38 bits per heavy atom. The molecule has 1 spiro atoms. The zero-order chi connectivity index (χ0) is 36.3. The summed E-state index contributed by atoms with van der Waals surface area (Å²) in [6, 6.07) is 80.0. The molecule has 0 aromatic heterocycles. The van der Waals surface area contributed by atoms with Crippen LogP contribution in [0.3, 0.4) is 0 Å². The van der Waals surface area contributed by atoms with E-state index >= 15 is 0 Å². The molecule has 258 valence electrons. The monoisotopic (exact) mass is 700 g/mol. The Balaban J connectivity index is 1.33. The summed E-state index contributed by atoms with van der Waals surface area (Å²) in [6.07, 6.45) is 0. The highest BCUT2D eigenvalue weighted by molar-refractivity contribution is 6.08. The fourth-order valence-corrected chi connectivity index (χ4v) is 9.49. The SMILES string of the molecule is c1ccc(N(c2ccccc2)c2cc3c(c(N(c4ccccc4)c4ccccc4)c2)C2(c4ccccc4-3)c3ccccc3-c3c2ccc2ccccc32)cc1. The molecule has 0 N–H and O–H groups in total. The fraction of sp³-hybridized carbons (Fsp3) is 0.0189. The molecule has 1 atom stereocenters. The summed E-state index contributed by atoms with van der Waals surface area (Å²) in [5.74, 6) is 0. The normalized spacial score (nSPS) is 14.6. The van der Waals surface area contributed by atoms with E-state index in [2.05, 4.69) is 228 Å². The van der Waals surface area contributed by atoms with Gasteiger partial charge in [-0.3, -0.25) is 0 Å². The molecule has 0 fully saturated rings. The Hall–Kier alpha value is -7.16. The van der Waals surface area contributed by atoms with Crippen LogP contribution < -0.4 is 9.80 Å². The van der Waals surface area contributed by atoms with Crippen molar-refractivity contribution in [2.75, 3.05) is 9.80 Å². The molecule has 2 aliphatic carbocycles. The molecule has 2 nitrogen and oxygen atoms in total. The number of hydrogen-bond acceptors (Lipinski definition) is 2. The number of anilines is 6. The van der Waals surface area contributed by atoms with Gasteiger partial charge in [0.1, 0.15) is 0 Å². The molecule has 0 saturated carbocycles. The molecular weight excluding hydrogens is 665 g/mol. The van der Waals surface area contributed by atoms with Gasteiger partial charge in [-0.2, -0.15) is 0 Å². The summed E-state index contributed by atoms with van der Waals surface area (Å²) in [5, 5.41) is 2.54. The first-order chi connectivity index (χ1) is 27.3. The van der Waals surface area contributed by atoms with Gasteiger partial charge in [-0.05, 0) is 110 Å². The number of fused-ring (bicyclic) bond motifs is 12. The zero-order valence-corrected chi connectivity index (χ0v) is 30.2. The first kappa shape index (κ1) is 31.4. The summed E-state index contributed by atoms with van der Waals surface area (Å²) < 4.78 is 0. The second-order valence-electron chi connectivity index (χ2n) is 14.5. The lowest BCUT2D eigenvalue weighted by molar-refractivity contribution is 0.793. The smallest absolute Gasteiger partial charge is 0.0746 e. The predicted molar refractivity (Wildman–Crippen MR) is 230 cm³/mol. The van der Waals surface area contributed by atoms with Crippen molar-refractivity contribution in [3.8, 4) is 22.3 Å². The van der Waals surface area contributed by atoms with Crippen molar-refractivity contribution in [1.29, 1.82) is 0 Å². The van der Waals surface area contributed by atoms with Crippen molar-refractivity contribution >= 4 is 44.9 Å². The van der Waals surface area contributed by atoms with E-state index in [1.807, 2.05) is 0 Å². The minimum atomic E-state index is -0.568. The van der Waals surface area contributed by atoms with Gasteiger partial charge in [0, 0.05) is 34.0 Å². The number of benzene rings is 9. The highest BCUT2D eigenvalue weighted by Crippen LogP contribution is 2.67. The molecule has 11 rings (SSSR count). The average Bonchev–Trinajstić information content (AvgIpc) is 3.73. The second-order valence-corrected chi connectivity index (χ2v) is 14.5. The largest absolute Gasteiger partial charge is 0.310 e. The Morgan fingerprint density at radius 2 is 0.782 bits per heavy atom. The van der Waals surface area contributed by atoms with Gasteiger partial charge in [-0.25, -0.2) is 0 Å². The molecule has 0 aliphatic heterocycles. The van der Waals surface area contributed by atoms with Crippen molar-refractivity contribution in [1.82, 2.24) is 0 Å². The summed E-state index contributed by atoms with van der Waals surface area (Å²) in [5.41, 5.74) is 16.5. The molecule has 2 heteroatoms. The van der Waals surface area contributed by atoms with E-state index in [0.717, 1.165) is 34.1 Å². The van der Waals surface area contributed by atoms with Crippen LogP contribution in [0.2, 0.25) is 0 Å². The van der Waals surface area contributed by atoms with Crippen LogP contribution in [-0.4, -0.2) is 0 Å².